The van der Waals surface area contributed by atoms with Crippen molar-refractivity contribution in [2.75, 3.05) is 20.8 Å². The van der Waals surface area contributed by atoms with Crippen molar-refractivity contribution in [3.05, 3.63) is 60.2 Å². The predicted molar refractivity (Wildman–Crippen MR) is 122 cm³/mol. The zero-order chi connectivity index (χ0) is 26.4. The van der Waals surface area contributed by atoms with Crippen molar-refractivity contribution in [2.45, 2.75) is 37.0 Å². The first-order valence-corrected chi connectivity index (χ1v) is 11.0. The first-order valence-electron chi connectivity index (χ1n) is 11.0. The van der Waals surface area contributed by atoms with Crippen LogP contribution in [0.3, 0.4) is 0 Å². The quantitative estimate of drug-likeness (QED) is 0.263. The summed E-state index contributed by atoms with van der Waals surface area (Å²) in [4.78, 5) is 28.3. The minimum atomic E-state index is -1.65. The lowest BCUT2D eigenvalue weighted by atomic mass is 9.83. The number of hydrogen-bond donors (Lipinski definition) is 4. The molecule has 3 unspecified atom stereocenters. The van der Waals surface area contributed by atoms with Crippen molar-refractivity contribution in [3.63, 3.8) is 0 Å². The van der Waals surface area contributed by atoms with E-state index in [2.05, 4.69) is 11.6 Å². The van der Waals surface area contributed by atoms with E-state index in [-0.39, 0.29) is 11.1 Å². The molecule has 36 heavy (non-hydrogen) atoms. The van der Waals surface area contributed by atoms with Gasteiger partial charge in [-0.05, 0) is 11.6 Å². The molecule has 196 valence electrons. The monoisotopic (exact) mass is 507 g/mol. The van der Waals surface area contributed by atoms with Crippen molar-refractivity contribution < 1.29 is 53.7 Å². The van der Waals surface area contributed by atoms with Crippen LogP contribution in [0.4, 0.5) is 0 Å². The van der Waals surface area contributed by atoms with Crippen LogP contribution in [0, 0.1) is 11.8 Å². The maximum atomic E-state index is 12.4. The summed E-state index contributed by atoms with van der Waals surface area (Å²) in [5.41, 5.74) is 0.923. The van der Waals surface area contributed by atoms with E-state index in [0.29, 0.717) is 5.56 Å². The minimum absolute atomic E-state index is 0.143. The summed E-state index contributed by atoms with van der Waals surface area (Å²) >= 11 is 0. The highest BCUT2D eigenvalue weighted by Gasteiger charge is 2.47. The lowest BCUT2D eigenvalue weighted by Crippen LogP contribution is -2.60. The Morgan fingerprint density at radius 1 is 1.08 bits per heavy atom. The Bertz CT molecular complexity index is 1010. The number of nitrogens with zero attached hydrogens (tertiary/aromatic N) is 1. The van der Waals surface area contributed by atoms with E-state index in [0.717, 1.165) is 6.26 Å². The number of aliphatic hydroxyl groups is 4. The Labute approximate surface area is 207 Å². The SMILES string of the molecule is C=CC1C(O[C@@H]2O[C@H](CO)[C@@H](O)[C@H](O)[C@H]2O)OC=C(C(=O)OC)C1/C=C/c1cncc(C(=O)OC)c1. The second-order valence-corrected chi connectivity index (χ2v) is 8.10. The third kappa shape index (κ3) is 5.81. The highest BCUT2D eigenvalue weighted by Crippen LogP contribution is 2.36. The number of hydrogen-bond acceptors (Lipinski definition) is 12. The Kier molecular flexibility index (Phi) is 9.31. The molecule has 1 aromatic heterocycles. The molecule has 1 aromatic rings. The standard InChI is InChI=1S/C24H29NO11/c1-4-14-15(6-5-12-7-13(9-25-8-12)21(30)32-2)16(22(31)33-3)11-34-23(14)36-24-20(29)19(28)18(27)17(10-26)35-24/h4-9,11,14-15,17-20,23-24,26-29H,1,10H2,2-3H3/b6-5+/t14?,15?,17-,18-,19+,20-,23?,24+/m1/s1. The Morgan fingerprint density at radius 3 is 2.44 bits per heavy atom. The number of aliphatic hydroxyl groups excluding tert-OH is 4. The molecule has 3 heterocycles. The fourth-order valence-electron chi connectivity index (χ4n) is 3.91. The van der Waals surface area contributed by atoms with Crippen LogP contribution in [-0.2, 0) is 28.5 Å². The van der Waals surface area contributed by atoms with Gasteiger partial charge in [-0.25, -0.2) is 9.59 Å². The van der Waals surface area contributed by atoms with Crippen LogP contribution in [0.15, 0.2) is 49.0 Å². The van der Waals surface area contributed by atoms with Crippen LogP contribution in [0.5, 0.6) is 0 Å². The van der Waals surface area contributed by atoms with Crippen molar-refractivity contribution in [2.24, 2.45) is 11.8 Å². The third-order valence-electron chi connectivity index (χ3n) is 5.90. The van der Waals surface area contributed by atoms with Gasteiger partial charge in [-0.15, -0.1) is 6.58 Å². The molecule has 0 spiro atoms. The lowest BCUT2D eigenvalue weighted by molar-refractivity contribution is -0.338. The summed E-state index contributed by atoms with van der Waals surface area (Å²) in [5.74, 6) is -2.63. The van der Waals surface area contributed by atoms with Crippen molar-refractivity contribution in [1.29, 1.82) is 0 Å². The second-order valence-electron chi connectivity index (χ2n) is 8.10. The summed E-state index contributed by atoms with van der Waals surface area (Å²) in [5, 5.41) is 39.8. The molecule has 1 fully saturated rings. The average Bonchev–Trinajstić information content (AvgIpc) is 2.91. The first-order chi connectivity index (χ1) is 17.2. The molecule has 8 atom stereocenters. The summed E-state index contributed by atoms with van der Waals surface area (Å²) in [7, 11) is 2.47. The molecule has 0 aromatic carbocycles. The molecule has 0 amide bonds. The van der Waals surface area contributed by atoms with Gasteiger partial charge in [0, 0.05) is 18.3 Å². The second kappa shape index (κ2) is 12.2. The van der Waals surface area contributed by atoms with Crippen LogP contribution in [0.1, 0.15) is 15.9 Å². The fourth-order valence-corrected chi connectivity index (χ4v) is 3.91. The summed E-state index contributed by atoms with van der Waals surface area (Å²) < 4.78 is 26.3. The number of pyridine rings is 1. The fraction of sp³-hybridized carbons (Fsp3) is 0.458. The number of allylic oxidation sites excluding steroid dienone is 1. The zero-order valence-electron chi connectivity index (χ0n) is 19.7. The van der Waals surface area contributed by atoms with Crippen molar-refractivity contribution >= 4 is 18.0 Å². The largest absolute Gasteiger partial charge is 0.471 e. The number of carbonyl (C=O) groups excluding carboxylic acids is 2. The van der Waals surface area contributed by atoms with E-state index in [1.807, 2.05) is 0 Å². The molecule has 12 nitrogen and oxygen atoms in total. The smallest absolute Gasteiger partial charge is 0.339 e. The molecule has 1 saturated heterocycles. The molecule has 0 aliphatic carbocycles. The molecule has 2 aliphatic rings. The Morgan fingerprint density at radius 2 is 1.81 bits per heavy atom. The first kappa shape index (κ1) is 27.5. The van der Waals surface area contributed by atoms with Crippen molar-refractivity contribution in [1.82, 2.24) is 4.98 Å². The van der Waals surface area contributed by atoms with Gasteiger partial charge in [0.15, 0.2) is 6.29 Å². The number of rotatable bonds is 8. The number of methoxy groups -OCH3 is 2. The molecule has 3 rings (SSSR count). The summed E-state index contributed by atoms with van der Waals surface area (Å²) in [6.45, 7) is 3.17. The highest BCUT2D eigenvalue weighted by molar-refractivity contribution is 5.90. The van der Waals surface area contributed by atoms with Gasteiger partial charge in [0.05, 0.1) is 44.1 Å². The van der Waals surface area contributed by atoms with Crippen LogP contribution in [-0.4, -0.2) is 95.2 Å². The molecular formula is C24H29NO11. The van der Waals surface area contributed by atoms with E-state index in [4.69, 9.17) is 23.7 Å². The van der Waals surface area contributed by atoms with Gasteiger partial charge in [-0.2, -0.15) is 0 Å². The Hall–Kier alpha value is -3.13. The number of ether oxygens (including phenoxy) is 5. The molecule has 4 N–H and O–H groups in total. The molecule has 0 saturated carbocycles. The van der Waals surface area contributed by atoms with Gasteiger partial charge >= 0.3 is 11.9 Å². The van der Waals surface area contributed by atoms with Gasteiger partial charge in [-0.3, -0.25) is 4.98 Å². The van der Waals surface area contributed by atoms with E-state index in [9.17, 15) is 30.0 Å². The third-order valence-corrected chi connectivity index (χ3v) is 5.90. The van der Waals surface area contributed by atoms with Gasteiger partial charge in [0.25, 0.3) is 0 Å². The average molecular weight is 507 g/mol. The van der Waals surface area contributed by atoms with Gasteiger partial charge in [0.1, 0.15) is 24.4 Å². The van der Waals surface area contributed by atoms with E-state index in [1.165, 1.54) is 32.7 Å². The number of carbonyl (C=O) groups is 2. The normalized spacial score (nSPS) is 32.3. The molecule has 0 bridgehead atoms. The summed E-state index contributed by atoms with van der Waals surface area (Å²) in [6, 6.07) is 1.56. The number of esters is 2. The topological polar surface area (TPSA) is 174 Å². The van der Waals surface area contributed by atoms with Crippen molar-refractivity contribution in [3.8, 4) is 0 Å². The van der Waals surface area contributed by atoms with Gasteiger partial charge in [-0.1, -0.05) is 18.2 Å². The van der Waals surface area contributed by atoms with E-state index >= 15 is 0 Å². The maximum absolute atomic E-state index is 12.4. The van der Waals surface area contributed by atoms with Gasteiger partial charge in [0.2, 0.25) is 6.29 Å². The van der Waals surface area contributed by atoms with Crippen LogP contribution >= 0.6 is 0 Å². The van der Waals surface area contributed by atoms with E-state index < -0.39 is 67.4 Å². The molecule has 0 radical (unpaired) electrons. The Balaban J connectivity index is 1.88. The number of aromatic nitrogens is 1. The van der Waals surface area contributed by atoms with E-state index in [1.54, 1.807) is 18.2 Å². The predicted octanol–water partition coefficient (Wildman–Crippen LogP) is -0.470. The highest BCUT2D eigenvalue weighted by atomic mass is 16.8. The zero-order valence-corrected chi connectivity index (χ0v) is 19.7. The van der Waals surface area contributed by atoms with Crippen LogP contribution in [0.2, 0.25) is 0 Å². The molecular weight excluding hydrogens is 478 g/mol. The van der Waals surface area contributed by atoms with Crippen LogP contribution < -0.4 is 0 Å². The molecule has 2 aliphatic heterocycles. The van der Waals surface area contributed by atoms with Crippen LogP contribution in [0.25, 0.3) is 6.08 Å². The maximum Gasteiger partial charge on any atom is 0.339 e. The van der Waals surface area contributed by atoms with Gasteiger partial charge < -0.3 is 44.1 Å². The molecule has 12 heteroatoms. The lowest BCUT2D eigenvalue weighted by Gasteiger charge is -2.42. The minimum Gasteiger partial charge on any atom is -0.471 e. The summed E-state index contributed by atoms with van der Waals surface area (Å²) in [6.07, 6.45) is 0.145.